The third-order valence-corrected chi connectivity index (χ3v) is 3.04. The van der Waals surface area contributed by atoms with Gasteiger partial charge in [0, 0.05) is 20.5 Å². The maximum atomic E-state index is 12.2. The van der Waals surface area contributed by atoms with Gasteiger partial charge in [0.15, 0.2) is 0 Å². The van der Waals surface area contributed by atoms with Crippen molar-refractivity contribution in [1.29, 1.82) is 0 Å². The van der Waals surface area contributed by atoms with Crippen molar-refractivity contribution in [3.05, 3.63) is 53.7 Å². The molecule has 0 atom stereocenters. The topological polar surface area (TPSA) is 63.6 Å². The van der Waals surface area contributed by atoms with Crippen LogP contribution in [0.1, 0.15) is 21.8 Å². The molecule has 2 heterocycles. The number of fused-ring (bicyclic) bond motifs is 1. The summed E-state index contributed by atoms with van der Waals surface area (Å²) in [5.41, 5.74) is 1.79. The fourth-order valence-corrected chi connectivity index (χ4v) is 2.05. The van der Waals surface area contributed by atoms with E-state index in [2.05, 4.69) is 10.1 Å². The van der Waals surface area contributed by atoms with Crippen molar-refractivity contribution in [1.82, 2.24) is 19.5 Å². The molecule has 0 aliphatic rings. The summed E-state index contributed by atoms with van der Waals surface area (Å²) in [5, 5.41) is 4.12. The molecule has 0 bridgehead atoms. The van der Waals surface area contributed by atoms with Gasteiger partial charge in [-0.25, -0.2) is 0 Å². The molecule has 1 amide bonds. The van der Waals surface area contributed by atoms with E-state index < -0.39 is 0 Å². The number of hydrogen-bond donors (Lipinski definition) is 0. The highest BCUT2D eigenvalue weighted by molar-refractivity contribution is 5.92. The van der Waals surface area contributed by atoms with Crippen molar-refractivity contribution in [2.75, 3.05) is 14.1 Å². The Morgan fingerprint density at radius 1 is 1.30 bits per heavy atom. The summed E-state index contributed by atoms with van der Waals surface area (Å²) >= 11 is 0. The van der Waals surface area contributed by atoms with Crippen LogP contribution in [0.25, 0.3) is 5.84 Å². The highest BCUT2D eigenvalue weighted by Crippen LogP contribution is 2.19. The molecule has 102 valence electrons. The largest absolute Gasteiger partial charge is 0.416 e. The zero-order chi connectivity index (χ0) is 14.1. The molecule has 6 heteroatoms. The normalized spacial score (nSPS) is 10.9. The molecule has 20 heavy (non-hydrogen) atoms. The summed E-state index contributed by atoms with van der Waals surface area (Å²) in [4.78, 5) is 17.7. The van der Waals surface area contributed by atoms with Gasteiger partial charge in [-0.3, -0.25) is 4.79 Å². The lowest BCUT2D eigenvalue weighted by Crippen LogP contribution is -2.22. The Morgan fingerprint density at radius 3 is 2.75 bits per heavy atom. The average Bonchev–Trinajstić information content (AvgIpc) is 3.02. The third kappa shape index (κ3) is 2.05. The average molecular weight is 270 g/mol. The fraction of sp³-hybridized carbons (Fsp3) is 0.214. The summed E-state index contributed by atoms with van der Waals surface area (Å²) < 4.78 is 7.11. The molecule has 2 aromatic heterocycles. The first-order chi connectivity index (χ1) is 9.66. The van der Waals surface area contributed by atoms with Crippen LogP contribution >= 0.6 is 0 Å². The molecule has 0 spiro atoms. The van der Waals surface area contributed by atoms with E-state index in [1.165, 1.54) is 11.2 Å². The Morgan fingerprint density at radius 2 is 2.05 bits per heavy atom. The lowest BCUT2D eigenvalue weighted by atomic mass is 10.1. The monoisotopic (exact) mass is 270 g/mol. The first kappa shape index (κ1) is 12.4. The molecule has 3 rings (SSSR count). The predicted octanol–water partition coefficient (Wildman–Crippen LogP) is 1.61. The molecule has 0 radical (unpaired) electrons. The molecular weight excluding hydrogens is 256 g/mol. The summed E-state index contributed by atoms with van der Waals surface area (Å²) in [6, 6.07) is 9.87. The van der Waals surface area contributed by atoms with Crippen molar-refractivity contribution in [3.8, 4) is 0 Å². The second kappa shape index (κ2) is 4.80. The molecule has 0 saturated carbocycles. The van der Waals surface area contributed by atoms with E-state index in [-0.39, 0.29) is 11.7 Å². The number of rotatable bonds is 3. The molecule has 1 aromatic carbocycles. The number of carbonyl (C=O) groups is 1. The van der Waals surface area contributed by atoms with Crippen LogP contribution in [0.3, 0.4) is 0 Å². The number of oxazole rings is 1. The molecule has 0 aliphatic carbocycles. The molecule has 0 unspecified atom stereocenters. The van der Waals surface area contributed by atoms with E-state index in [9.17, 15) is 4.79 Å². The van der Waals surface area contributed by atoms with Gasteiger partial charge in [-0.15, -0.1) is 0 Å². The molecule has 3 aromatic rings. The Hall–Kier alpha value is -2.63. The minimum Gasteiger partial charge on any atom is -0.416 e. The molecule has 6 nitrogen and oxygen atoms in total. The smallest absolute Gasteiger partial charge is 0.325 e. The molecular formula is C14H14N4O2. The Labute approximate surface area is 115 Å². The minimum absolute atomic E-state index is 0.191. The predicted molar refractivity (Wildman–Crippen MR) is 72.5 cm³/mol. The number of hydrogen-bond acceptors (Lipinski definition) is 4. The van der Waals surface area contributed by atoms with Crippen molar-refractivity contribution in [2.24, 2.45) is 0 Å². The van der Waals surface area contributed by atoms with Crippen LogP contribution in [-0.4, -0.2) is 39.5 Å². The SMILES string of the molecule is CN(C)C(=O)c1oc2ncnn2c1Cc1ccccc1. The van der Waals surface area contributed by atoms with Crippen molar-refractivity contribution >= 4 is 11.8 Å². The maximum absolute atomic E-state index is 12.2. The van der Waals surface area contributed by atoms with E-state index in [1.807, 2.05) is 30.3 Å². The first-order valence-corrected chi connectivity index (χ1v) is 6.24. The summed E-state index contributed by atoms with van der Waals surface area (Å²) in [6.07, 6.45) is 1.98. The van der Waals surface area contributed by atoms with Crippen LogP contribution in [0.4, 0.5) is 0 Å². The standard InChI is InChI=1S/C14H14N4O2/c1-17(2)13(19)12-11(8-10-6-4-3-5-7-10)18-14(20-12)15-9-16-18/h3-7,9H,8H2,1-2H3. The summed E-state index contributed by atoms with van der Waals surface area (Å²) in [5.74, 6) is 0.429. The second-order valence-corrected chi connectivity index (χ2v) is 4.69. The second-order valence-electron chi connectivity index (χ2n) is 4.69. The first-order valence-electron chi connectivity index (χ1n) is 6.24. The lowest BCUT2D eigenvalue weighted by Gasteiger charge is -2.09. The van der Waals surface area contributed by atoms with Gasteiger partial charge in [-0.1, -0.05) is 30.3 Å². The Bertz CT molecular complexity index is 743. The van der Waals surface area contributed by atoms with Crippen LogP contribution in [0.15, 0.2) is 41.1 Å². The minimum atomic E-state index is -0.191. The van der Waals surface area contributed by atoms with Gasteiger partial charge in [-0.05, 0) is 5.56 Å². The van der Waals surface area contributed by atoms with Gasteiger partial charge in [0.25, 0.3) is 5.91 Å². The highest BCUT2D eigenvalue weighted by atomic mass is 16.4. The molecule has 0 fully saturated rings. The zero-order valence-corrected chi connectivity index (χ0v) is 11.3. The van der Waals surface area contributed by atoms with E-state index >= 15 is 0 Å². The van der Waals surface area contributed by atoms with Gasteiger partial charge in [-0.2, -0.15) is 14.6 Å². The van der Waals surface area contributed by atoms with Crippen LogP contribution in [-0.2, 0) is 6.42 Å². The Kier molecular flexibility index (Phi) is 2.98. The molecule has 0 aliphatic heterocycles. The van der Waals surface area contributed by atoms with Crippen LogP contribution in [0, 0.1) is 0 Å². The van der Waals surface area contributed by atoms with Gasteiger partial charge in [0.1, 0.15) is 12.0 Å². The Balaban J connectivity index is 2.09. The van der Waals surface area contributed by atoms with E-state index in [0.717, 1.165) is 5.56 Å². The number of carbonyl (C=O) groups excluding carboxylic acids is 1. The van der Waals surface area contributed by atoms with Crippen molar-refractivity contribution < 1.29 is 9.21 Å². The van der Waals surface area contributed by atoms with Gasteiger partial charge >= 0.3 is 5.84 Å². The highest BCUT2D eigenvalue weighted by Gasteiger charge is 2.23. The van der Waals surface area contributed by atoms with E-state index in [4.69, 9.17) is 4.42 Å². The van der Waals surface area contributed by atoms with Gasteiger partial charge in [0.2, 0.25) is 5.76 Å². The van der Waals surface area contributed by atoms with Crippen LogP contribution in [0.5, 0.6) is 0 Å². The fourth-order valence-electron chi connectivity index (χ4n) is 2.05. The maximum Gasteiger partial charge on any atom is 0.325 e. The van der Waals surface area contributed by atoms with Crippen molar-refractivity contribution in [2.45, 2.75) is 6.42 Å². The number of aromatic nitrogens is 3. The number of amides is 1. The molecule has 0 saturated heterocycles. The third-order valence-electron chi connectivity index (χ3n) is 3.04. The van der Waals surface area contributed by atoms with E-state index in [0.29, 0.717) is 18.0 Å². The summed E-state index contributed by atoms with van der Waals surface area (Å²) in [6.45, 7) is 0. The van der Waals surface area contributed by atoms with Crippen LogP contribution in [0.2, 0.25) is 0 Å². The van der Waals surface area contributed by atoms with Crippen molar-refractivity contribution in [3.63, 3.8) is 0 Å². The zero-order valence-electron chi connectivity index (χ0n) is 11.3. The lowest BCUT2D eigenvalue weighted by molar-refractivity contribution is 0.0797. The quantitative estimate of drug-likeness (QED) is 0.725. The number of benzene rings is 1. The van der Waals surface area contributed by atoms with Crippen LogP contribution < -0.4 is 0 Å². The molecule has 0 N–H and O–H groups in total. The van der Waals surface area contributed by atoms with Gasteiger partial charge in [0.05, 0.1) is 0 Å². The number of nitrogens with zero attached hydrogens (tertiary/aromatic N) is 4. The van der Waals surface area contributed by atoms with E-state index in [1.54, 1.807) is 18.6 Å². The summed E-state index contributed by atoms with van der Waals surface area (Å²) in [7, 11) is 3.38. The van der Waals surface area contributed by atoms with Gasteiger partial charge < -0.3 is 9.32 Å².